The van der Waals surface area contributed by atoms with E-state index in [0.29, 0.717) is 29.9 Å². The molecule has 0 spiro atoms. The molecule has 0 saturated heterocycles. The lowest BCUT2D eigenvalue weighted by molar-refractivity contribution is 0.103. The van der Waals surface area contributed by atoms with Crippen LogP contribution in [-0.4, -0.2) is 42.3 Å². The number of ketones is 1. The lowest BCUT2D eigenvalue weighted by Crippen LogP contribution is -2.15. The highest BCUT2D eigenvalue weighted by Crippen LogP contribution is 2.28. The number of carbonyl (C=O) groups is 1. The predicted molar refractivity (Wildman–Crippen MR) is 87.5 cm³/mol. The van der Waals surface area contributed by atoms with Crippen LogP contribution in [0.1, 0.15) is 15.9 Å². The highest BCUT2D eigenvalue weighted by Gasteiger charge is 2.16. The van der Waals surface area contributed by atoms with E-state index in [0.717, 1.165) is 5.69 Å². The van der Waals surface area contributed by atoms with Gasteiger partial charge in [-0.15, -0.1) is 0 Å². The number of nitrogens with one attached hydrogen (secondary N) is 2. The molecule has 116 valence electrons. The van der Waals surface area contributed by atoms with E-state index in [2.05, 4.69) is 10.6 Å². The number of anilines is 2. The Morgan fingerprint density at radius 1 is 0.864 bits per heavy atom. The summed E-state index contributed by atoms with van der Waals surface area (Å²) >= 11 is 0. The first-order chi connectivity index (χ1) is 10.8. The maximum absolute atomic E-state index is 12.7. The minimum atomic E-state index is -0.0892. The van der Waals surface area contributed by atoms with Crippen LogP contribution in [0, 0.1) is 0 Å². The van der Waals surface area contributed by atoms with Gasteiger partial charge in [0.25, 0.3) is 0 Å². The Labute approximate surface area is 129 Å². The van der Waals surface area contributed by atoms with Crippen molar-refractivity contribution in [1.29, 1.82) is 0 Å². The van der Waals surface area contributed by atoms with Gasteiger partial charge in [0.05, 0.1) is 24.6 Å². The van der Waals surface area contributed by atoms with Crippen LogP contribution in [-0.2, 0) is 0 Å². The molecule has 0 unspecified atom stereocenters. The van der Waals surface area contributed by atoms with Gasteiger partial charge in [0.2, 0.25) is 0 Å². The summed E-state index contributed by atoms with van der Waals surface area (Å²) in [6.45, 7) is 0.688. The van der Waals surface area contributed by atoms with Gasteiger partial charge in [-0.2, -0.15) is 0 Å². The molecule has 0 bridgehead atoms. The van der Waals surface area contributed by atoms with Crippen molar-refractivity contribution in [2.75, 3.05) is 36.9 Å². The lowest BCUT2D eigenvalue weighted by Gasteiger charge is -2.16. The summed E-state index contributed by atoms with van der Waals surface area (Å²) in [5.74, 6) is -0.0892. The van der Waals surface area contributed by atoms with E-state index >= 15 is 0 Å². The second-order valence-corrected chi connectivity index (χ2v) is 4.72. The Hall–Kier alpha value is -2.37. The quantitative estimate of drug-likeness (QED) is 0.558. The molecule has 0 aliphatic carbocycles. The van der Waals surface area contributed by atoms with Gasteiger partial charge in [0.15, 0.2) is 5.78 Å². The number of hydrogen-bond donors (Lipinski definition) is 4. The molecular weight excluding hydrogens is 280 g/mol. The van der Waals surface area contributed by atoms with Crippen molar-refractivity contribution in [3.8, 4) is 0 Å². The predicted octanol–water partition coefficient (Wildman–Crippen LogP) is 1.73. The Bertz CT molecular complexity index is 615. The molecule has 0 heterocycles. The average Bonchev–Trinajstić information content (AvgIpc) is 2.58. The highest BCUT2D eigenvalue weighted by atomic mass is 16.3. The molecule has 5 heteroatoms. The number of aliphatic hydroxyl groups excluding tert-OH is 2. The summed E-state index contributed by atoms with van der Waals surface area (Å²) in [5, 5.41) is 24.1. The summed E-state index contributed by atoms with van der Waals surface area (Å²) in [6, 6.07) is 14.4. The molecule has 2 aromatic carbocycles. The zero-order valence-electron chi connectivity index (χ0n) is 12.2. The largest absolute Gasteiger partial charge is 0.395 e. The molecular formula is C17H20N2O3. The standard InChI is InChI=1S/C17H20N2O3/c20-11-9-18-15-8-4-7-14(16(15)19-10-12-21)17(22)13-5-2-1-3-6-13/h1-8,18-21H,9-12H2. The molecule has 4 N–H and O–H groups in total. The van der Waals surface area contributed by atoms with Crippen LogP contribution in [0.2, 0.25) is 0 Å². The topological polar surface area (TPSA) is 81.6 Å². The minimum Gasteiger partial charge on any atom is -0.395 e. The van der Waals surface area contributed by atoms with Crippen LogP contribution < -0.4 is 10.6 Å². The van der Waals surface area contributed by atoms with Gasteiger partial charge in [-0.3, -0.25) is 4.79 Å². The maximum Gasteiger partial charge on any atom is 0.195 e. The molecule has 2 aromatic rings. The van der Waals surface area contributed by atoms with Gasteiger partial charge in [-0.1, -0.05) is 36.4 Å². The molecule has 0 amide bonds. The van der Waals surface area contributed by atoms with Crippen molar-refractivity contribution < 1.29 is 15.0 Å². The third-order valence-corrected chi connectivity index (χ3v) is 3.19. The van der Waals surface area contributed by atoms with Crippen LogP contribution >= 0.6 is 0 Å². The Morgan fingerprint density at radius 2 is 1.55 bits per heavy atom. The van der Waals surface area contributed by atoms with E-state index in [9.17, 15) is 4.79 Å². The molecule has 22 heavy (non-hydrogen) atoms. The van der Waals surface area contributed by atoms with Crippen molar-refractivity contribution >= 4 is 17.2 Å². The first-order valence-corrected chi connectivity index (χ1v) is 7.20. The summed E-state index contributed by atoms with van der Waals surface area (Å²) in [6.07, 6.45) is 0. The number of aliphatic hydroxyl groups is 2. The molecule has 5 nitrogen and oxygen atoms in total. The van der Waals surface area contributed by atoms with Crippen molar-refractivity contribution in [2.45, 2.75) is 0 Å². The zero-order valence-corrected chi connectivity index (χ0v) is 12.2. The SMILES string of the molecule is O=C(c1ccccc1)c1cccc(NCCO)c1NCCO. The monoisotopic (exact) mass is 300 g/mol. The second kappa shape index (κ2) is 8.17. The molecule has 0 atom stereocenters. The van der Waals surface area contributed by atoms with Crippen LogP contribution in [0.4, 0.5) is 11.4 Å². The van der Waals surface area contributed by atoms with Gasteiger partial charge in [0.1, 0.15) is 0 Å². The Balaban J connectivity index is 2.38. The van der Waals surface area contributed by atoms with Gasteiger partial charge in [-0.05, 0) is 12.1 Å². The fourth-order valence-electron chi connectivity index (χ4n) is 2.20. The average molecular weight is 300 g/mol. The van der Waals surface area contributed by atoms with Crippen LogP contribution in [0.15, 0.2) is 48.5 Å². The van der Waals surface area contributed by atoms with Crippen LogP contribution in [0.3, 0.4) is 0 Å². The number of hydrogen-bond acceptors (Lipinski definition) is 5. The fourth-order valence-corrected chi connectivity index (χ4v) is 2.20. The molecule has 2 rings (SSSR count). The normalized spacial score (nSPS) is 10.3. The molecule has 0 radical (unpaired) electrons. The number of carbonyl (C=O) groups excluding carboxylic acids is 1. The van der Waals surface area contributed by atoms with E-state index < -0.39 is 0 Å². The first kappa shape index (κ1) is 16.0. The second-order valence-electron chi connectivity index (χ2n) is 4.72. The summed E-state index contributed by atoms with van der Waals surface area (Å²) in [7, 11) is 0. The van der Waals surface area contributed by atoms with Crippen LogP contribution in [0.25, 0.3) is 0 Å². The zero-order chi connectivity index (χ0) is 15.8. The summed E-state index contributed by atoms with van der Waals surface area (Å²) < 4.78 is 0. The highest BCUT2D eigenvalue weighted by molar-refractivity contribution is 6.13. The number of benzene rings is 2. The summed E-state index contributed by atoms with van der Waals surface area (Å²) in [5.41, 5.74) is 2.50. The lowest BCUT2D eigenvalue weighted by atomic mass is 10.0. The smallest absolute Gasteiger partial charge is 0.195 e. The molecule has 0 aliphatic heterocycles. The minimum absolute atomic E-state index is 0.00367. The Kier molecular flexibility index (Phi) is 5.94. The van der Waals surface area contributed by atoms with Crippen LogP contribution in [0.5, 0.6) is 0 Å². The third-order valence-electron chi connectivity index (χ3n) is 3.19. The van der Waals surface area contributed by atoms with E-state index in [1.54, 1.807) is 24.3 Å². The van der Waals surface area contributed by atoms with E-state index in [1.165, 1.54) is 0 Å². The van der Waals surface area contributed by atoms with Gasteiger partial charge in [0, 0.05) is 24.2 Å². The van der Waals surface area contributed by atoms with Crippen molar-refractivity contribution in [1.82, 2.24) is 0 Å². The van der Waals surface area contributed by atoms with Gasteiger partial charge in [-0.25, -0.2) is 0 Å². The maximum atomic E-state index is 12.7. The van der Waals surface area contributed by atoms with E-state index in [1.807, 2.05) is 24.3 Å². The van der Waals surface area contributed by atoms with E-state index in [4.69, 9.17) is 10.2 Å². The van der Waals surface area contributed by atoms with Crippen molar-refractivity contribution in [2.24, 2.45) is 0 Å². The van der Waals surface area contributed by atoms with Crippen molar-refractivity contribution in [3.63, 3.8) is 0 Å². The van der Waals surface area contributed by atoms with Gasteiger partial charge < -0.3 is 20.8 Å². The van der Waals surface area contributed by atoms with Crippen molar-refractivity contribution in [3.05, 3.63) is 59.7 Å². The van der Waals surface area contributed by atoms with Gasteiger partial charge >= 0.3 is 0 Å². The molecule has 0 fully saturated rings. The molecule has 0 aromatic heterocycles. The molecule has 0 saturated carbocycles. The Morgan fingerprint density at radius 3 is 2.23 bits per heavy atom. The number of rotatable bonds is 8. The first-order valence-electron chi connectivity index (χ1n) is 7.20. The summed E-state index contributed by atoms with van der Waals surface area (Å²) in [4.78, 5) is 12.7. The third kappa shape index (κ3) is 3.84. The van der Waals surface area contributed by atoms with E-state index in [-0.39, 0.29) is 19.0 Å². The molecule has 0 aliphatic rings. The fraction of sp³-hybridized carbons (Fsp3) is 0.235. The number of para-hydroxylation sites is 1.